The molecular formula is C17H27N3O2. The van der Waals surface area contributed by atoms with Gasteiger partial charge in [-0.15, -0.1) is 0 Å². The highest BCUT2D eigenvalue weighted by Gasteiger charge is 2.23. The maximum atomic E-state index is 11.7. The Morgan fingerprint density at radius 3 is 2.45 bits per heavy atom. The van der Waals surface area contributed by atoms with Crippen LogP contribution in [-0.2, 0) is 9.63 Å². The van der Waals surface area contributed by atoms with Gasteiger partial charge in [-0.25, -0.2) is 5.06 Å². The molecule has 1 aliphatic heterocycles. The lowest BCUT2D eigenvalue weighted by atomic mass is 10.0. The van der Waals surface area contributed by atoms with Crippen molar-refractivity contribution < 1.29 is 9.63 Å². The Morgan fingerprint density at radius 2 is 1.86 bits per heavy atom. The molecule has 5 nitrogen and oxygen atoms in total. The van der Waals surface area contributed by atoms with E-state index in [1.54, 1.807) is 7.05 Å². The smallest absolute Gasteiger partial charge is 0.247 e. The molecule has 122 valence electrons. The average molecular weight is 305 g/mol. The number of para-hydroxylation sites is 1. The lowest BCUT2D eigenvalue weighted by molar-refractivity contribution is -0.169. The molecule has 0 aliphatic carbocycles. The van der Waals surface area contributed by atoms with Crippen molar-refractivity contribution in [2.75, 3.05) is 45.7 Å². The van der Waals surface area contributed by atoms with E-state index in [2.05, 4.69) is 41.1 Å². The summed E-state index contributed by atoms with van der Waals surface area (Å²) in [4.78, 5) is 21.4. The Morgan fingerprint density at radius 1 is 1.23 bits per heavy atom. The molecule has 1 aliphatic rings. The third kappa shape index (κ3) is 4.45. The second-order valence-corrected chi connectivity index (χ2v) is 5.84. The van der Waals surface area contributed by atoms with Gasteiger partial charge >= 0.3 is 0 Å². The first-order valence-corrected chi connectivity index (χ1v) is 7.92. The minimum Gasteiger partial charge on any atom is -0.372 e. The van der Waals surface area contributed by atoms with Gasteiger partial charge < -0.3 is 9.80 Å². The van der Waals surface area contributed by atoms with E-state index in [0.29, 0.717) is 12.5 Å². The number of likely N-dealkylation sites (tertiary alicyclic amines) is 1. The normalized spacial score (nSPS) is 16.5. The Bertz CT molecular complexity index is 458. The molecule has 0 atom stereocenters. The Hall–Kier alpha value is -1.59. The fourth-order valence-corrected chi connectivity index (χ4v) is 2.92. The van der Waals surface area contributed by atoms with Crippen LogP contribution in [0.2, 0.25) is 0 Å². The lowest BCUT2D eigenvalue weighted by Crippen LogP contribution is -2.44. The predicted molar refractivity (Wildman–Crippen MR) is 88.7 cm³/mol. The molecule has 0 saturated carbocycles. The minimum atomic E-state index is 0.0334. The molecule has 0 radical (unpaired) electrons. The molecule has 22 heavy (non-hydrogen) atoms. The number of hydroxylamine groups is 2. The zero-order valence-electron chi connectivity index (χ0n) is 13.9. The average Bonchev–Trinajstić information content (AvgIpc) is 2.59. The zero-order valence-corrected chi connectivity index (χ0v) is 13.9. The summed E-state index contributed by atoms with van der Waals surface area (Å²) in [5.74, 6) is 0.0334. The molecule has 5 heteroatoms. The number of amides is 1. The van der Waals surface area contributed by atoms with Crippen LogP contribution >= 0.6 is 0 Å². The summed E-state index contributed by atoms with van der Waals surface area (Å²) in [6.07, 6.45) is 2.79. The van der Waals surface area contributed by atoms with Crippen LogP contribution in [0.3, 0.4) is 0 Å². The molecule has 0 N–H and O–H groups in total. The number of hydrogen-bond donors (Lipinski definition) is 0. The fraction of sp³-hybridized carbons (Fsp3) is 0.588. The van der Waals surface area contributed by atoms with E-state index >= 15 is 0 Å². The van der Waals surface area contributed by atoms with E-state index in [4.69, 9.17) is 4.84 Å². The lowest BCUT2D eigenvalue weighted by Gasteiger charge is -2.37. The van der Waals surface area contributed by atoms with E-state index in [9.17, 15) is 4.79 Å². The number of hydrogen-bond acceptors (Lipinski definition) is 4. The highest BCUT2D eigenvalue weighted by atomic mass is 16.7. The largest absolute Gasteiger partial charge is 0.372 e. The van der Waals surface area contributed by atoms with Crippen LogP contribution < -0.4 is 4.90 Å². The maximum absolute atomic E-state index is 11.7. The van der Waals surface area contributed by atoms with E-state index in [1.165, 1.54) is 17.9 Å². The van der Waals surface area contributed by atoms with Gasteiger partial charge in [0.1, 0.15) is 0 Å². The van der Waals surface area contributed by atoms with Crippen LogP contribution in [0.1, 0.15) is 19.3 Å². The first-order chi connectivity index (χ1) is 10.6. The summed E-state index contributed by atoms with van der Waals surface area (Å²) in [6.45, 7) is 2.91. The van der Waals surface area contributed by atoms with Gasteiger partial charge in [0.2, 0.25) is 5.91 Å². The summed E-state index contributed by atoms with van der Waals surface area (Å²) < 4.78 is 0. The predicted octanol–water partition coefficient (Wildman–Crippen LogP) is 2.00. The SMILES string of the molecule is CON(C)C(=O)CCN1CCC(N(C)c2ccccc2)CC1. The van der Waals surface area contributed by atoms with Crippen molar-refractivity contribution in [1.82, 2.24) is 9.96 Å². The van der Waals surface area contributed by atoms with Crippen molar-refractivity contribution in [2.45, 2.75) is 25.3 Å². The van der Waals surface area contributed by atoms with Gasteiger partial charge in [0.25, 0.3) is 0 Å². The summed E-state index contributed by atoms with van der Waals surface area (Å²) >= 11 is 0. The van der Waals surface area contributed by atoms with Crippen molar-refractivity contribution in [3.8, 4) is 0 Å². The summed E-state index contributed by atoms with van der Waals surface area (Å²) in [5.41, 5.74) is 1.28. The number of nitrogens with zero attached hydrogens (tertiary/aromatic N) is 3. The number of carbonyl (C=O) groups excluding carboxylic acids is 1. The van der Waals surface area contributed by atoms with Crippen LogP contribution in [0.25, 0.3) is 0 Å². The first-order valence-electron chi connectivity index (χ1n) is 7.92. The van der Waals surface area contributed by atoms with Crippen LogP contribution in [0.5, 0.6) is 0 Å². The molecule has 1 fully saturated rings. The molecule has 0 spiro atoms. The topological polar surface area (TPSA) is 36.0 Å². The van der Waals surface area contributed by atoms with Crippen LogP contribution in [0.15, 0.2) is 30.3 Å². The Balaban J connectivity index is 1.75. The van der Waals surface area contributed by atoms with Gasteiger partial charge in [0.05, 0.1) is 7.11 Å². The zero-order chi connectivity index (χ0) is 15.9. The molecule has 1 aromatic rings. The number of piperidine rings is 1. The van der Waals surface area contributed by atoms with Crippen molar-refractivity contribution in [3.63, 3.8) is 0 Å². The van der Waals surface area contributed by atoms with E-state index in [0.717, 1.165) is 32.5 Å². The standard InChI is InChI=1S/C17H27N3O2/c1-18(15-7-5-4-6-8-15)16-9-12-20(13-10-16)14-11-17(21)19(2)22-3/h4-8,16H,9-14H2,1-3H3. The minimum absolute atomic E-state index is 0.0334. The molecule has 0 unspecified atom stereocenters. The van der Waals surface area contributed by atoms with Gasteiger partial charge in [-0.3, -0.25) is 9.63 Å². The van der Waals surface area contributed by atoms with Gasteiger partial charge in [0, 0.05) is 51.9 Å². The van der Waals surface area contributed by atoms with Crippen LogP contribution in [-0.4, -0.2) is 62.8 Å². The molecular weight excluding hydrogens is 278 g/mol. The summed E-state index contributed by atoms with van der Waals surface area (Å²) in [7, 11) is 5.35. The highest BCUT2D eigenvalue weighted by molar-refractivity contribution is 5.74. The Kier molecular flexibility index (Phi) is 6.21. The molecule has 1 aromatic carbocycles. The first kappa shape index (κ1) is 16.8. The quantitative estimate of drug-likeness (QED) is 0.753. The van der Waals surface area contributed by atoms with E-state index < -0.39 is 0 Å². The van der Waals surface area contributed by atoms with Gasteiger partial charge in [-0.05, 0) is 25.0 Å². The third-order valence-corrected chi connectivity index (χ3v) is 4.54. The van der Waals surface area contributed by atoms with Crippen LogP contribution in [0.4, 0.5) is 5.69 Å². The molecule has 1 heterocycles. The van der Waals surface area contributed by atoms with Crippen LogP contribution in [0, 0.1) is 0 Å². The highest BCUT2D eigenvalue weighted by Crippen LogP contribution is 2.21. The molecule has 0 bridgehead atoms. The monoisotopic (exact) mass is 305 g/mol. The molecule has 1 amide bonds. The maximum Gasteiger partial charge on any atom is 0.247 e. The number of carbonyl (C=O) groups is 1. The van der Waals surface area contributed by atoms with Gasteiger partial charge in [-0.2, -0.15) is 0 Å². The van der Waals surface area contributed by atoms with E-state index in [1.807, 2.05) is 6.07 Å². The van der Waals surface area contributed by atoms with E-state index in [-0.39, 0.29) is 5.91 Å². The summed E-state index contributed by atoms with van der Waals surface area (Å²) in [5, 5.41) is 1.30. The summed E-state index contributed by atoms with van der Waals surface area (Å²) in [6, 6.07) is 11.1. The van der Waals surface area contributed by atoms with Gasteiger partial charge in [0.15, 0.2) is 0 Å². The van der Waals surface area contributed by atoms with Crippen molar-refractivity contribution >= 4 is 11.6 Å². The molecule has 1 saturated heterocycles. The second-order valence-electron chi connectivity index (χ2n) is 5.84. The number of benzene rings is 1. The molecule has 2 rings (SSSR count). The van der Waals surface area contributed by atoms with Crippen molar-refractivity contribution in [1.29, 1.82) is 0 Å². The fourth-order valence-electron chi connectivity index (χ4n) is 2.92. The van der Waals surface area contributed by atoms with Crippen molar-refractivity contribution in [2.24, 2.45) is 0 Å². The Labute approximate surface area is 133 Å². The number of anilines is 1. The molecule has 0 aromatic heterocycles. The second kappa shape index (κ2) is 8.15. The van der Waals surface area contributed by atoms with Gasteiger partial charge in [-0.1, -0.05) is 18.2 Å². The van der Waals surface area contributed by atoms with Crippen molar-refractivity contribution in [3.05, 3.63) is 30.3 Å². The third-order valence-electron chi connectivity index (χ3n) is 4.54. The number of rotatable bonds is 6.